The van der Waals surface area contributed by atoms with E-state index < -0.39 is 67.1 Å². The van der Waals surface area contributed by atoms with Crippen LogP contribution in [-0.2, 0) is 19.2 Å². The number of hydrogen-bond acceptors (Lipinski definition) is 6. The van der Waals surface area contributed by atoms with E-state index in [-0.39, 0.29) is 11.8 Å². The summed E-state index contributed by atoms with van der Waals surface area (Å²) in [6, 6.07) is 0.268. The minimum atomic E-state index is -3.38. The first-order chi connectivity index (χ1) is 15.5. The Morgan fingerprint density at radius 1 is 1.33 bits per heavy atom. The van der Waals surface area contributed by atoms with Crippen LogP contribution in [0.2, 0.25) is 0 Å². The van der Waals surface area contributed by atoms with E-state index >= 15 is 0 Å². The number of carbonyl (C=O) groups excluding carboxylic acids is 4. The van der Waals surface area contributed by atoms with Crippen LogP contribution in [0.3, 0.4) is 0 Å². The van der Waals surface area contributed by atoms with Gasteiger partial charge in [-0.3, -0.25) is 19.2 Å². The fourth-order valence-corrected chi connectivity index (χ4v) is 3.55. The molecule has 0 spiro atoms. The zero-order valence-electron chi connectivity index (χ0n) is 17.4. The van der Waals surface area contributed by atoms with Gasteiger partial charge in [-0.05, 0) is 25.1 Å². The first-order valence-electron chi connectivity index (χ1n) is 9.90. The molecule has 1 aliphatic heterocycles. The molecular weight excluding hydrogens is 444 g/mol. The van der Waals surface area contributed by atoms with Crippen LogP contribution in [0.25, 0.3) is 11.0 Å². The lowest BCUT2D eigenvalue weighted by atomic mass is 10.1. The van der Waals surface area contributed by atoms with E-state index in [4.69, 9.17) is 5.11 Å². The Kier molecular flexibility index (Phi) is 6.70. The second-order valence-electron chi connectivity index (χ2n) is 7.72. The molecule has 2 aromatic rings. The third kappa shape index (κ3) is 5.48. The van der Waals surface area contributed by atoms with Crippen molar-refractivity contribution in [3.05, 3.63) is 30.1 Å². The summed E-state index contributed by atoms with van der Waals surface area (Å²) in [4.78, 5) is 67.1. The molecule has 0 saturated carbocycles. The molecule has 13 heteroatoms. The third-order valence-corrected chi connectivity index (χ3v) is 5.14. The van der Waals surface area contributed by atoms with Crippen LogP contribution >= 0.6 is 0 Å². The van der Waals surface area contributed by atoms with Crippen LogP contribution in [0.5, 0.6) is 0 Å². The summed E-state index contributed by atoms with van der Waals surface area (Å²) < 4.78 is 28.1. The van der Waals surface area contributed by atoms with Crippen molar-refractivity contribution in [1.29, 1.82) is 0 Å². The van der Waals surface area contributed by atoms with Crippen molar-refractivity contribution in [1.82, 2.24) is 25.5 Å². The van der Waals surface area contributed by atoms with E-state index in [1.807, 2.05) is 0 Å². The van der Waals surface area contributed by atoms with Gasteiger partial charge in [-0.25, -0.2) is 13.8 Å². The minimum absolute atomic E-state index is 0.171. The molecule has 0 unspecified atom stereocenters. The number of likely N-dealkylation sites (tertiary alicyclic amines) is 1. The zero-order chi connectivity index (χ0) is 24.3. The van der Waals surface area contributed by atoms with Crippen molar-refractivity contribution in [3.8, 4) is 0 Å². The van der Waals surface area contributed by atoms with Gasteiger partial charge >= 0.3 is 5.97 Å². The van der Waals surface area contributed by atoms with Gasteiger partial charge in [0.2, 0.25) is 11.8 Å². The Bertz CT molecular complexity index is 1100. The number of nitrogens with one attached hydrogen (secondary N) is 3. The van der Waals surface area contributed by atoms with Gasteiger partial charge in [-0.2, -0.15) is 0 Å². The second-order valence-corrected chi connectivity index (χ2v) is 7.72. The number of carbonyl (C=O) groups is 5. The van der Waals surface area contributed by atoms with Crippen molar-refractivity contribution in [3.63, 3.8) is 0 Å². The highest BCUT2D eigenvalue weighted by molar-refractivity contribution is 6.00. The molecular formula is C20H21F2N5O6. The summed E-state index contributed by atoms with van der Waals surface area (Å²) in [5, 5.41) is 13.3. The number of benzene rings is 1. The Morgan fingerprint density at radius 2 is 2.06 bits per heavy atom. The second kappa shape index (κ2) is 9.30. The Morgan fingerprint density at radius 3 is 2.73 bits per heavy atom. The zero-order valence-corrected chi connectivity index (χ0v) is 17.4. The van der Waals surface area contributed by atoms with E-state index in [1.165, 1.54) is 25.4 Å². The molecule has 1 aromatic carbocycles. The van der Waals surface area contributed by atoms with Gasteiger partial charge in [0.1, 0.15) is 18.4 Å². The molecule has 0 bridgehead atoms. The van der Waals surface area contributed by atoms with Crippen LogP contribution < -0.4 is 10.6 Å². The lowest BCUT2D eigenvalue weighted by molar-refractivity contribution is -0.142. The molecule has 176 valence electrons. The fraction of sp³-hybridized carbons (Fsp3) is 0.400. The topological polar surface area (TPSA) is 162 Å². The molecule has 1 aliphatic rings. The van der Waals surface area contributed by atoms with Gasteiger partial charge in [0.15, 0.2) is 0 Å². The number of aromatic amines is 1. The molecule has 0 radical (unpaired) electrons. The number of nitrogens with zero attached hydrogens (tertiary/aromatic N) is 2. The highest BCUT2D eigenvalue weighted by Crippen LogP contribution is 2.32. The molecule has 0 aliphatic carbocycles. The first-order valence-corrected chi connectivity index (χ1v) is 9.90. The number of carboxylic acid groups (broad SMARTS) is 1. The van der Waals surface area contributed by atoms with Crippen molar-refractivity contribution in [2.45, 2.75) is 43.8 Å². The van der Waals surface area contributed by atoms with E-state index in [0.717, 1.165) is 0 Å². The molecule has 1 fully saturated rings. The summed E-state index contributed by atoms with van der Waals surface area (Å²) >= 11 is 0. The third-order valence-electron chi connectivity index (χ3n) is 5.14. The number of aromatic nitrogens is 2. The van der Waals surface area contributed by atoms with Gasteiger partial charge in [-0.15, -0.1) is 0 Å². The summed E-state index contributed by atoms with van der Waals surface area (Å²) in [5.74, 6) is -7.40. The number of amides is 3. The quantitative estimate of drug-likeness (QED) is 0.401. The number of alkyl halides is 2. The van der Waals surface area contributed by atoms with Crippen molar-refractivity contribution in [2.24, 2.45) is 0 Å². The van der Waals surface area contributed by atoms with E-state index in [0.29, 0.717) is 15.9 Å². The number of halogens is 2. The van der Waals surface area contributed by atoms with Crippen molar-refractivity contribution < 1.29 is 37.9 Å². The number of H-pyrrole nitrogens is 1. The van der Waals surface area contributed by atoms with Crippen LogP contribution in [0.4, 0.5) is 8.78 Å². The van der Waals surface area contributed by atoms with Crippen LogP contribution in [0.1, 0.15) is 30.1 Å². The number of rotatable bonds is 8. The molecule has 3 amide bonds. The fourth-order valence-electron chi connectivity index (χ4n) is 3.55. The Hall–Kier alpha value is -3.90. The Balaban J connectivity index is 1.70. The highest BCUT2D eigenvalue weighted by atomic mass is 19.3. The maximum Gasteiger partial charge on any atom is 0.305 e. The molecule has 1 saturated heterocycles. The van der Waals surface area contributed by atoms with Crippen LogP contribution in [0, 0.1) is 0 Å². The predicted octanol–water partition coefficient (Wildman–Crippen LogP) is 0.0758. The molecule has 33 heavy (non-hydrogen) atoms. The summed E-state index contributed by atoms with van der Waals surface area (Å²) in [6.07, 6.45) is -0.118. The van der Waals surface area contributed by atoms with E-state index in [9.17, 15) is 32.8 Å². The number of fused-ring (bicyclic) bond motifs is 1. The number of hydrogen-bond donors (Lipinski definition) is 4. The van der Waals surface area contributed by atoms with Gasteiger partial charge in [0.25, 0.3) is 11.8 Å². The molecule has 1 aromatic heterocycles. The number of aldehydes is 1. The lowest BCUT2D eigenvalue weighted by Crippen LogP contribution is -2.54. The van der Waals surface area contributed by atoms with Crippen molar-refractivity contribution >= 4 is 41.0 Å². The monoisotopic (exact) mass is 465 g/mol. The Labute approximate surface area is 185 Å². The summed E-state index contributed by atoms with van der Waals surface area (Å²) in [7, 11) is 0. The van der Waals surface area contributed by atoms with Crippen LogP contribution in [-0.4, -0.2) is 80.5 Å². The van der Waals surface area contributed by atoms with Gasteiger partial charge < -0.3 is 30.4 Å². The maximum atomic E-state index is 14.1. The van der Waals surface area contributed by atoms with Gasteiger partial charge in [0, 0.05) is 12.0 Å². The van der Waals surface area contributed by atoms with E-state index in [2.05, 4.69) is 20.6 Å². The smallest absolute Gasteiger partial charge is 0.305 e. The van der Waals surface area contributed by atoms with E-state index in [1.54, 1.807) is 6.07 Å². The number of carboxylic acids is 1. The number of aliphatic carboxylic acids is 1. The SMILES string of the molecule is C[C@H](NC(=O)c1ccc2nc[nH]c2c1)C(=O)N1CC(F)(F)C[C@H]1C(=O)N[C@H](C=O)CC(=O)O. The maximum absolute atomic E-state index is 14.1. The predicted molar refractivity (Wildman–Crippen MR) is 108 cm³/mol. The van der Waals surface area contributed by atoms with Crippen molar-refractivity contribution in [2.75, 3.05) is 6.54 Å². The molecule has 3 rings (SSSR count). The average Bonchev–Trinajstić information content (AvgIpc) is 3.35. The first kappa shape index (κ1) is 23.8. The minimum Gasteiger partial charge on any atom is -0.481 e. The summed E-state index contributed by atoms with van der Waals surface area (Å²) in [6.45, 7) is 0.230. The standard InChI is InChI=1S/C20H21F2N5O6/c1-10(25-17(31)11-2-3-13-14(4-11)24-9-23-13)19(33)27-8-20(21,22)6-15(27)18(32)26-12(7-28)5-16(29)30/h2-4,7,9-10,12,15H,5-6,8H2,1H3,(H,23,24)(H,25,31)(H,26,32)(H,29,30)/t10-,12-,15-/m0/s1. The lowest BCUT2D eigenvalue weighted by Gasteiger charge is -2.27. The number of imidazole rings is 1. The van der Waals surface area contributed by atoms with Gasteiger partial charge in [-0.1, -0.05) is 0 Å². The molecule has 11 nitrogen and oxygen atoms in total. The summed E-state index contributed by atoms with van der Waals surface area (Å²) in [5.41, 5.74) is 1.42. The highest BCUT2D eigenvalue weighted by Gasteiger charge is 2.51. The molecule has 4 N–H and O–H groups in total. The average molecular weight is 465 g/mol. The normalized spacial score (nSPS) is 19.0. The largest absolute Gasteiger partial charge is 0.481 e. The molecule has 3 atom stereocenters. The van der Waals surface area contributed by atoms with Gasteiger partial charge in [0.05, 0.1) is 36.4 Å². The molecule has 2 heterocycles. The van der Waals surface area contributed by atoms with Crippen LogP contribution in [0.15, 0.2) is 24.5 Å².